The molecule has 0 saturated carbocycles. The van der Waals surface area contributed by atoms with E-state index in [1.165, 1.54) is 13.2 Å². The maximum atomic E-state index is 12.2. The minimum atomic E-state index is -5.58. The molecule has 1 rings (SSSR count). The fraction of sp³-hybridized carbons (Fsp3) is 0.800. The van der Waals surface area contributed by atoms with Gasteiger partial charge in [-0.2, -0.15) is 21.6 Å². The Kier molecular flexibility index (Phi) is 4.32. The van der Waals surface area contributed by atoms with Crippen molar-refractivity contribution in [3.05, 3.63) is 11.8 Å². The Labute approximate surface area is 104 Å². The molecule has 18 heavy (non-hydrogen) atoms. The van der Waals surface area contributed by atoms with Crippen LogP contribution in [0.15, 0.2) is 11.8 Å². The number of ether oxygens (including phenoxy) is 1. The molecule has 1 aliphatic carbocycles. The highest BCUT2D eigenvalue weighted by molar-refractivity contribution is 7.87. The zero-order chi connectivity index (χ0) is 14.1. The first-order valence-electron chi connectivity index (χ1n) is 5.32. The summed E-state index contributed by atoms with van der Waals surface area (Å²) >= 11 is 0. The molecule has 0 aliphatic heterocycles. The SMILES string of the molecule is CO[C@@H]1[C@H](C)C=C(OS(=O)(=O)C(F)(F)F)C[C@@H]1C. The predicted octanol–water partition coefficient (Wildman–Crippen LogP) is 2.43. The molecule has 0 aromatic carbocycles. The van der Waals surface area contributed by atoms with Crippen LogP contribution < -0.4 is 0 Å². The summed E-state index contributed by atoms with van der Waals surface area (Å²) in [6, 6.07) is 0. The second kappa shape index (κ2) is 5.08. The second-order valence-corrected chi connectivity index (χ2v) is 5.89. The van der Waals surface area contributed by atoms with Crippen LogP contribution >= 0.6 is 0 Å². The lowest BCUT2D eigenvalue weighted by atomic mass is 9.85. The molecule has 0 spiro atoms. The van der Waals surface area contributed by atoms with Crippen LogP contribution in [0.5, 0.6) is 0 Å². The average molecular weight is 288 g/mol. The minimum Gasteiger partial charge on any atom is -0.381 e. The van der Waals surface area contributed by atoms with Gasteiger partial charge in [-0.05, 0) is 12.0 Å². The van der Waals surface area contributed by atoms with E-state index in [4.69, 9.17) is 4.74 Å². The van der Waals surface area contributed by atoms with E-state index in [9.17, 15) is 21.6 Å². The Morgan fingerprint density at radius 2 is 1.89 bits per heavy atom. The van der Waals surface area contributed by atoms with E-state index in [1.807, 2.05) is 0 Å². The molecule has 0 amide bonds. The van der Waals surface area contributed by atoms with Gasteiger partial charge in [-0.3, -0.25) is 0 Å². The number of methoxy groups -OCH3 is 1. The van der Waals surface area contributed by atoms with Crippen molar-refractivity contribution in [1.29, 1.82) is 0 Å². The topological polar surface area (TPSA) is 52.6 Å². The molecule has 0 heterocycles. The zero-order valence-electron chi connectivity index (χ0n) is 10.2. The Hall–Kier alpha value is -0.760. The molecule has 0 N–H and O–H groups in total. The van der Waals surface area contributed by atoms with E-state index in [0.717, 1.165) is 0 Å². The molecule has 0 aromatic rings. The largest absolute Gasteiger partial charge is 0.534 e. The monoisotopic (exact) mass is 288 g/mol. The molecular formula is C10H15F3O4S. The van der Waals surface area contributed by atoms with Crippen molar-refractivity contribution in [1.82, 2.24) is 0 Å². The highest BCUT2D eigenvalue weighted by Gasteiger charge is 2.49. The van der Waals surface area contributed by atoms with E-state index in [-0.39, 0.29) is 30.1 Å². The first kappa shape index (κ1) is 15.3. The third kappa shape index (κ3) is 3.17. The highest BCUT2D eigenvalue weighted by atomic mass is 32.2. The van der Waals surface area contributed by atoms with Crippen molar-refractivity contribution in [2.75, 3.05) is 7.11 Å². The molecule has 0 aromatic heterocycles. The van der Waals surface area contributed by atoms with Gasteiger partial charge in [-0.1, -0.05) is 13.8 Å². The summed E-state index contributed by atoms with van der Waals surface area (Å²) in [6.45, 7) is 3.49. The number of hydrogen-bond acceptors (Lipinski definition) is 4. The van der Waals surface area contributed by atoms with Crippen LogP contribution in [0.4, 0.5) is 13.2 Å². The quantitative estimate of drug-likeness (QED) is 0.591. The molecular weight excluding hydrogens is 273 g/mol. The van der Waals surface area contributed by atoms with Crippen molar-refractivity contribution >= 4 is 10.1 Å². The molecule has 0 saturated heterocycles. The molecule has 0 fully saturated rings. The summed E-state index contributed by atoms with van der Waals surface area (Å²) < 4.78 is 67.5. The molecule has 0 bridgehead atoms. The number of rotatable bonds is 3. The lowest BCUT2D eigenvalue weighted by molar-refractivity contribution is -0.0531. The molecule has 1 aliphatic rings. The number of allylic oxidation sites excluding steroid dienone is 1. The van der Waals surface area contributed by atoms with E-state index in [2.05, 4.69) is 4.18 Å². The van der Waals surface area contributed by atoms with Crippen LogP contribution in [-0.4, -0.2) is 27.1 Å². The Balaban J connectivity index is 2.88. The van der Waals surface area contributed by atoms with Gasteiger partial charge in [0.05, 0.1) is 6.10 Å². The van der Waals surface area contributed by atoms with Crippen molar-refractivity contribution in [2.45, 2.75) is 31.9 Å². The van der Waals surface area contributed by atoms with Crippen LogP contribution in [0.3, 0.4) is 0 Å². The lowest BCUT2D eigenvalue weighted by Gasteiger charge is -2.31. The molecule has 0 unspecified atom stereocenters. The van der Waals surface area contributed by atoms with Crippen LogP contribution in [0.2, 0.25) is 0 Å². The Morgan fingerprint density at radius 3 is 2.28 bits per heavy atom. The highest BCUT2D eigenvalue weighted by Crippen LogP contribution is 2.34. The van der Waals surface area contributed by atoms with Crippen molar-refractivity contribution in [2.24, 2.45) is 11.8 Å². The summed E-state index contributed by atoms with van der Waals surface area (Å²) in [7, 11) is -4.07. The van der Waals surface area contributed by atoms with Gasteiger partial charge in [0.15, 0.2) is 0 Å². The van der Waals surface area contributed by atoms with Gasteiger partial charge in [0, 0.05) is 19.4 Å². The molecule has 3 atom stereocenters. The third-order valence-electron chi connectivity index (χ3n) is 2.82. The molecule has 0 radical (unpaired) electrons. The van der Waals surface area contributed by atoms with Gasteiger partial charge >= 0.3 is 15.6 Å². The predicted molar refractivity (Wildman–Crippen MR) is 57.9 cm³/mol. The van der Waals surface area contributed by atoms with Crippen LogP contribution in [0, 0.1) is 11.8 Å². The number of hydrogen-bond donors (Lipinski definition) is 0. The fourth-order valence-electron chi connectivity index (χ4n) is 2.10. The molecule has 8 heteroatoms. The van der Waals surface area contributed by atoms with Gasteiger partial charge < -0.3 is 8.92 Å². The van der Waals surface area contributed by atoms with E-state index >= 15 is 0 Å². The van der Waals surface area contributed by atoms with Crippen LogP contribution in [0.1, 0.15) is 20.3 Å². The Morgan fingerprint density at radius 1 is 1.33 bits per heavy atom. The maximum absolute atomic E-state index is 12.2. The first-order valence-corrected chi connectivity index (χ1v) is 6.73. The number of halogens is 3. The summed E-state index contributed by atoms with van der Waals surface area (Å²) in [5, 5.41) is 0. The molecule has 4 nitrogen and oxygen atoms in total. The van der Waals surface area contributed by atoms with Crippen LogP contribution in [0.25, 0.3) is 0 Å². The second-order valence-electron chi connectivity index (χ2n) is 4.36. The zero-order valence-corrected chi connectivity index (χ0v) is 11.0. The Bertz CT molecular complexity index is 427. The maximum Gasteiger partial charge on any atom is 0.534 e. The standard InChI is InChI=1S/C10H15F3O4S/c1-6-4-8(5-7(2)9(6)16-3)17-18(14,15)10(11,12)13/h4,6-7,9H,5H2,1-3H3/t6-,7+,9-/m1/s1. The molecule has 106 valence electrons. The van der Waals surface area contributed by atoms with E-state index in [1.54, 1.807) is 13.8 Å². The van der Waals surface area contributed by atoms with E-state index in [0.29, 0.717) is 0 Å². The van der Waals surface area contributed by atoms with Crippen molar-refractivity contribution in [3.63, 3.8) is 0 Å². The summed E-state index contributed by atoms with van der Waals surface area (Å²) in [5.74, 6) is -0.508. The van der Waals surface area contributed by atoms with Crippen LogP contribution in [-0.2, 0) is 19.0 Å². The summed E-state index contributed by atoms with van der Waals surface area (Å²) in [4.78, 5) is 0. The van der Waals surface area contributed by atoms with Gasteiger partial charge in [0.25, 0.3) is 0 Å². The number of alkyl halides is 3. The minimum absolute atomic E-state index is 0.0954. The summed E-state index contributed by atoms with van der Waals surface area (Å²) in [5.41, 5.74) is -5.40. The van der Waals surface area contributed by atoms with E-state index < -0.39 is 15.6 Å². The van der Waals surface area contributed by atoms with Gasteiger partial charge in [-0.15, -0.1) is 0 Å². The van der Waals surface area contributed by atoms with Crippen molar-refractivity contribution in [3.8, 4) is 0 Å². The fourth-order valence-corrected chi connectivity index (χ4v) is 2.60. The lowest BCUT2D eigenvalue weighted by Crippen LogP contribution is -2.33. The third-order valence-corrected chi connectivity index (χ3v) is 3.82. The van der Waals surface area contributed by atoms with Gasteiger partial charge in [0.1, 0.15) is 5.76 Å². The normalized spacial score (nSPS) is 29.9. The first-order chi connectivity index (χ1) is 8.08. The summed E-state index contributed by atoms with van der Waals surface area (Å²) in [6.07, 6.45) is 1.29. The average Bonchev–Trinajstić information content (AvgIpc) is 2.14. The van der Waals surface area contributed by atoms with Gasteiger partial charge in [-0.25, -0.2) is 0 Å². The smallest absolute Gasteiger partial charge is 0.381 e. The van der Waals surface area contributed by atoms with Gasteiger partial charge in [0.2, 0.25) is 0 Å². The van der Waals surface area contributed by atoms with Crippen molar-refractivity contribution < 1.29 is 30.5 Å².